The zero-order valence-corrected chi connectivity index (χ0v) is 14.2. The Hall–Kier alpha value is -3.07. The summed E-state index contributed by atoms with van der Waals surface area (Å²) in [4.78, 5) is 4.87. The molecule has 3 aromatic carbocycles. The van der Waals surface area contributed by atoms with Crippen molar-refractivity contribution in [2.24, 2.45) is 0 Å². The van der Waals surface area contributed by atoms with E-state index in [4.69, 9.17) is 9.72 Å². The van der Waals surface area contributed by atoms with Gasteiger partial charge in [0.1, 0.15) is 11.6 Å². The minimum absolute atomic E-state index is 0.857. The van der Waals surface area contributed by atoms with E-state index in [-0.39, 0.29) is 0 Å². The molecule has 0 unspecified atom stereocenters. The summed E-state index contributed by atoms with van der Waals surface area (Å²) in [5, 5.41) is 0. The number of nitrogens with zero attached hydrogens (tertiary/aromatic N) is 2. The summed E-state index contributed by atoms with van der Waals surface area (Å²) in [5.41, 5.74) is 4.64. The first-order valence-electron chi connectivity index (χ1n) is 8.49. The minimum atomic E-state index is 0.857. The molecule has 0 bridgehead atoms. The third-order valence-electron chi connectivity index (χ3n) is 4.47. The molecule has 0 radical (unpaired) electrons. The maximum atomic E-state index is 5.27. The van der Waals surface area contributed by atoms with Crippen molar-refractivity contribution in [3.63, 3.8) is 0 Å². The molecule has 4 rings (SSSR count). The van der Waals surface area contributed by atoms with Crippen molar-refractivity contribution in [3.05, 3.63) is 84.4 Å². The summed E-state index contributed by atoms with van der Waals surface area (Å²) in [6.45, 7) is 0.895. The fraction of sp³-hybridized carbons (Fsp3) is 0.136. The van der Waals surface area contributed by atoms with Crippen molar-refractivity contribution >= 4 is 11.0 Å². The molecule has 0 fully saturated rings. The quantitative estimate of drug-likeness (QED) is 0.518. The number of ether oxygens (including phenoxy) is 1. The number of aryl methyl sites for hydroxylation is 2. The summed E-state index contributed by atoms with van der Waals surface area (Å²) in [6.07, 6.45) is 0.977. The van der Waals surface area contributed by atoms with Crippen molar-refractivity contribution in [3.8, 4) is 17.1 Å². The molecule has 0 atom stereocenters. The molecule has 1 aromatic heterocycles. The molecule has 25 heavy (non-hydrogen) atoms. The zero-order valence-electron chi connectivity index (χ0n) is 14.2. The Bertz CT molecular complexity index is 972. The van der Waals surface area contributed by atoms with Gasteiger partial charge in [0.25, 0.3) is 0 Å². The minimum Gasteiger partial charge on any atom is -0.497 e. The van der Waals surface area contributed by atoms with Crippen LogP contribution in [0.5, 0.6) is 5.75 Å². The van der Waals surface area contributed by atoms with Crippen LogP contribution in [0.2, 0.25) is 0 Å². The number of benzene rings is 3. The van der Waals surface area contributed by atoms with Crippen LogP contribution >= 0.6 is 0 Å². The molecule has 4 aromatic rings. The summed E-state index contributed by atoms with van der Waals surface area (Å²) < 4.78 is 7.58. The van der Waals surface area contributed by atoms with Crippen LogP contribution < -0.4 is 4.74 Å². The van der Waals surface area contributed by atoms with Crippen molar-refractivity contribution in [2.45, 2.75) is 13.0 Å². The predicted molar refractivity (Wildman–Crippen MR) is 102 cm³/mol. The number of para-hydroxylation sites is 2. The van der Waals surface area contributed by atoms with Gasteiger partial charge in [-0.3, -0.25) is 0 Å². The second kappa shape index (κ2) is 6.81. The summed E-state index contributed by atoms with van der Waals surface area (Å²) >= 11 is 0. The van der Waals surface area contributed by atoms with Crippen molar-refractivity contribution in [2.75, 3.05) is 7.11 Å². The number of aromatic nitrogens is 2. The first kappa shape index (κ1) is 15.5. The number of hydrogen-bond acceptors (Lipinski definition) is 2. The van der Waals surface area contributed by atoms with Gasteiger partial charge in [0.15, 0.2) is 0 Å². The molecular weight excluding hydrogens is 308 g/mol. The van der Waals surface area contributed by atoms with Gasteiger partial charge < -0.3 is 9.30 Å². The highest BCUT2D eigenvalue weighted by Gasteiger charge is 2.12. The molecule has 0 aliphatic carbocycles. The second-order valence-corrected chi connectivity index (χ2v) is 6.04. The Morgan fingerprint density at radius 2 is 1.56 bits per heavy atom. The van der Waals surface area contributed by atoms with Gasteiger partial charge in [-0.2, -0.15) is 0 Å². The average molecular weight is 328 g/mol. The number of hydrogen-bond donors (Lipinski definition) is 0. The molecule has 0 saturated heterocycles. The lowest BCUT2D eigenvalue weighted by atomic mass is 10.1. The molecule has 1 heterocycles. The monoisotopic (exact) mass is 328 g/mol. The van der Waals surface area contributed by atoms with Crippen molar-refractivity contribution < 1.29 is 4.74 Å². The van der Waals surface area contributed by atoms with Gasteiger partial charge in [0.05, 0.1) is 18.1 Å². The maximum Gasteiger partial charge on any atom is 0.141 e. The van der Waals surface area contributed by atoms with Gasteiger partial charge in [0.2, 0.25) is 0 Å². The van der Waals surface area contributed by atoms with Crippen LogP contribution in [0.3, 0.4) is 0 Å². The summed E-state index contributed by atoms with van der Waals surface area (Å²) in [5.74, 6) is 1.86. The molecule has 124 valence electrons. The second-order valence-electron chi connectivity index (χ2n) is 6.04. The van der Waals surface area contributed by atoms with Crippen LogP contribution in [0.1, 0.15) is 5.56 Å². The molecule has 3 nitrogen and oxygen atoms in total. The highest BCUT2D eigenvalue weighted by Crippen LogP contribution is 2.26. The molecular formula is C22H20N2O. The first-order chi connectivity index (χ1) is 12.3. The van der Waals surface area contributed by atoms with Gasteiger partial charge in [-0.25, -0.2) is 4.98 Å². The average Bonchev–Trinajstić information content (AvgIpc) is 3.06. The number of rotatable bonds is 5. The number of fused-ring (bicyclic) bond motifs is 1. The van der Waals surface area contributed by atoms with Gasteiger partial charge in [0, 0.05) is 12.1 Å². The van der Waals surface area contributed by atoms with Crippen LogP contribution in [-0.2, 0) is 13.0 Å². The molecule has 0 aliphatic heterocycles. The summed E-state index contributed by atoms with van der Waals surface area (Å²) in [7, 11) is 1.68. The first-order valence-corrected chi connectivity index (χ1v) is 8.49. The maximum absolute atomic E-state index is 5.27. The van der Waals surface area contributed by atoms with Crippen LogP contribution in [-0.4, -0.2) is 16.7 Å². The zero-order chi connectivity index (χ0) is 17.1. The third-order valence-corrected chi connectivity index (χ3v) is 4.47. The molecule has 0 saturated carbocycles. The fourth-order valence-electron chi connectivity index (χ4n) is 3.15. The van der Waals surface area contributed by atoms with Crippen LogP contribution in [0, 0.1) is 0 Å². The van der Waals surface area contributed by atoms with E-state index < -0.39 is 0 Å². The topological polar surface area (TPSA) is 27.1 Å². The van der Waals surface area contributed by atoms with Gasteiger partial charge >= 0.3 is 0 Å². The van der Waals surface area contributed by atoms with E-state index >= 15 is 0 Å². The van der Waals surface area contributed by atoms with E-state index in [0.29, 0.717) is 0 Å². The van der Waals surface area contributed by atoms with Crippen LogP contribution in [0.15, 0.2) is 78.9 Å². The van der Waals surface area contributed by atoms with Crippen molar-refractivity contribution in [1.82, 2.24) is 9.55 Å². The lowest BCUT2D eigenvalue weighted by Gasteiger charge is -2.10. The predicted octanol–water partition coefficient (Wildman–Crippen LogP) is 4.95. The highest BCUT2D eigenvalue weighted by molar-refractivity contribution is 5.80. The van der Waals surface area contributed by atoms with E-state index in [1.807, 2.05) is 18.2 Å². The molecule has 0 aliphatic rings. The Balaban J connectivity index is 1.74. The number of imidazole rings is 1. The standard InChI is InChI=1S/C22H20N2O/c1-25-19-13-11-18(12-14-19)22-23-20-9-5-6-10-21(20)24(22)16-15-17-7-3-2-4-8-17/h2-14H,15-16H2,1H3. The fourth-order valence-corrected chi connectivity index (χ4v) is 3.15. The molecule has 0 spiro atoms. The van der Waals surface area contributed by atoms with Crippen LogP contribution in [0.4, 0.5) is 0 Å². The molecule has 0 amide bonds. The SMILES string of the molecule is COc1ccc(-c2nc3ccccc3n2CCc2ccccc2)cc1. The Morgan fingerprint density at radius 3 is 2.32 bits per heavy atom. The van der Waals surface area contributed by atoms with E-state index in [9.17, 15) is 0 Å². The largest absolute Gasteiger partial charge is 0.497 e. The highest BCUT2D eigenvalue weighted by atomic mass is 16.5. The Morgan fingerprint density at radius 1 is 0.840 bits per heavy atom. The Labute approximate surface area is 147 Å². The van der Waals surface area contributed by atoms with Gasteiger partial charge in [-0.15, -0.1) is 0 Å². The molecule has 0 N–H and O–H groups in total. The van der Waals surface area contributed by atoms with Crippen LogP contribution in [0.25, 0.3) is 22.4 Å². The summed E-state index contributed by atoms with van der Waals surface area (Å²) in [6, 6.07) is 27.0. The van der Waals surface area contributed by atoms with Gasteiger partial charge in [-0.1, -0.05) is 42.5 Å². The lowest BCUT2D eigenvalue weighted by Crippen LogP contribution is -2.03. The Kier molecular flexibility index (Phi) is 4.21. The normalized spacial score (nSPS) is 10.9. The molecule has 3 heteroatoms. The van der Waals surface area contributed by atoms with E-state index in [2.05, 4.69) is 65.2 Å². The van der Waals surface area contributed by atoms with E-state index in [1.165, 1.54) is 11.1 Å². The third kappa shape index (κ3) is 3.13. The number of methoxy groups -OCH3 is 1. The van der Waals surface area contributed by atoms with Gasteiger partial charge in [-0.05, 0) is 48.4 Å². The van der Waals surface area contributed by atoms with E-state index in [1.54, 1.807) is 7.11 Å². The van der Waals surface area contributed by atoms with Crippen molar-refractivity contribution in [1.29, 1.82) is 0 Å². The smallest absolute Gasteiger partial charge is 0.141 e. The van der Waals surface area contributed by atoms with E-state index in [0.717, 1.165) is 35.6 Å². The lowest BCUT2D eigenvalue weighted by molar-refractivity contribution is 0.415.